The first-order chi connectivity index (χ1) is 15.6. The predicted octanol–water partition coefficient (Wildman–Crippen LogP) is 4.44. The molecule has 8 heteroatoms. The monoisotopic (exact) mass is 453 g/mol. The van der Waals surface area contributed by atoms with Crippen LogP contribution in [0.3, 0.4) is 0 Å². The molecule has 1 N–H and O–H groups in total. The van der Waals surface area contributed by atoms with Gasteiger partial charge in [0.1, 0.15) is 5.76 Å². The highest BCUT2D eigenvalue weighted by molar-refractivity contribution is 7.99. The fourth-order valence-electron chi connectivity index (χ4n) is 3.95. The molecule has 7 nitrogen and oxygen atoms in total. The Hall–Kier alpha value is -2.74. The first-order valence-electron chi connectivity index (χ1n) is 11.4. The molecule has 4 rings (SSSR count). The molecule has 2 aromatic heterocycles. The van der Waals surface area contributed by atoms with Crippen LogP contribution >= 0.6 is 11.8 Å². The minimum Gasteiger partial charge on any atom is -0.467 e. The second-order valence-electron chi connectivity index (χ2n) is 8.17. The van der Waals surface area contributed by atoms with Gasteiger partial charge in [0.05, 0.1) is 24.6 Å². The van der Waals surface area contributed by atoms with Crippen molar-refractivity contribution >= 4 is 23.6 Å². The van der Waals surface area contributed by atoms with E-state index in [9.17, 15) is 4.79 Å². The molecule has 1 atom stereocenters. The molecule has 0 aliphatic carbocycles. The third-order valence-electron chi connectivity index (χ3n) is 5.83. The summed E-state index contributed by atoms with van der Waals surface area (Å²) in [4.78, 5) is 14.9. The highest BCUT2D eigenvalue weighted by atomic mass is 32.2. The molecule has 0 radical (unpaired) electrons. The first kappa shape index (κ1) is 22.5. The zero-order valence-corrected chi connectivity index (χ0v) is 19.6. The summed E-state index contributed by atoms with van der Waals surface area (Å²) in [5, 5.41) is 12.7. The average Bonchev–Trinajstić information content (AvgIpc) is 3.49. The Morgan fingerprint density at radius 1 is 1.16 bits per heavy atom. The lowest BCUT2D eigenvalue weighted by Gasteiger charge is -2.27. The molecule has 0 bridgehead atoms. The van der Waals surface area contributed by atoms with Gasteiger partial charge in [-0.05, 0) is 55.9 Å². The molecular formula is C24H31N5O2S. The maximum absolute atomic E-state index is 12.6. The summed E-state index contributed by atoms with van der Waals surface area (Å²) in [5.41, 5.74) is 2.40. The van der Waals surface area contributed by atoms with Gasteiger partial charge in [0.25, 0.3) is 0 Å². The summed E-state index contributed by atoms with van der Waals surface area (Å²) in [7, 11) is 0. The molecule has 3 aromatic rings. The van der Waals surface area contributed by atoms with Crippen molar-refractivity contribution in [2.24, 2.45) is 0 Å². The van der Waals surface area contributed by atoms with Gasteiger partial charge in [-0.25, -0.2) is 0 Å². The normalized spacial score (nSPS) is 15.0. The van der Waals surface area contributed by atoms with Gasteiger partial charge in [0.15, 0.2) is 5.16 Å². The van der Waals surface area contributed by atoms with Gasteiger partial charge in [-0.1, -0.05) is 43.0 Å². The lowest BCUT2D eigenvalue weighted by molar-refractivity contribution is -0.119. The van der Waals surface area contributed by atoms with Gasteiger partial charge in [-0.3, -0.25) is 9.36 Å². The standard InChI is InChI=1S/C24H31N5O2S/c1-3-19-9-11-20(12-10-19)18(2)25-22(30)17-32-24-27-26-23(28-13-5-4-6-14-28)29(24)16-21-8-7-15-31-21/h7-12,15,18H,3-6,13-14,16-17H2,1-2H3,(H,25,30). The van der Waals surface area contributed by atoms with Gasteiger partial charge >= 0.3 is 0 Å². The Labute approximate surface area is 193 Å². The molecule has 1 unspecified atom stereocenters. The summed E-state index contributed by atoms with van der Waals surface area (Å²) in [5.74, 6) is 1.97. The van der Waals surface area contributed by atoms with Crippen molar-refractivity contribution in [1.82, 2.24) is 20.1 Å². The number of hydrogen-bond acceptors (Lipinski definition) is 6. The van der Waals surface area contributed by atoms with Crippen molar-refractivity contribution in [3.05, 3.63) is 59.5 Å². The molecule has 1 aliphatic heterocycles. The fraction of sp³-hybridized carbons (Fsp3) is 0.458. The number of nitrogens with zero attached hydrogens (tertiary/aromatic N) is 4. The number of furan rings is 1. The average molecular weight is 454 g/mol. The second-order valence-corrected chi connectivity index (χ2v) is 9.11. The van der Waals surface area contributed by atoms with E-state index in [0.29, 0.717) is 6.54 Å². The van der Waals surface area contributed by atoms with Crippen molar-refractivity contribution < 1.29 is 9.21 Å². The van der Waals surface area contributed by atoms with E-state index >= 15 is 0 Å². The Morgan fingerprint density at radius 3 is 2.62 bits per heavy atom. The summed E-state index contributed by atoms with van der Waals surface area (Å²) >= 11 is 1.41. The molecule has 0 spiro atoms. The number of aromatic nitrogens is 3. The van der Waals surface area contributed by atoms with Gasteiger partial charge in [-0.15, -0.1) is 10.2 Å². The number of thioether (sulfide) groups is 1. The van der Waals surface area contributed by atoms with E-state index in [2.05, 4.69) is 56.2 Å². The quantitative estimate of drug-likeness (QED) is 0.483. The van der Waals surface area contributed by atoms with Crippen LogP contribution in [0.4, 0.5) is 5.95 Å². The summed E-state index contributed by atoms with van der Waals surface area (Å²) in [6, 6.07) is 12.2. The SMILES string of the molecule is CCc1ccc(C(C)NC(=O)CSc2nnc(N3CCCCC3)n2Cc2ccco2)cc1. The number of amides is 1. The summed E-state index contributed by atoms with van der Waals surface area (Å²) in [6.45, 7) is 6.66. The zero-order chi connectivity index (χ0) is 22.3. The highest BCUT2D eigenvalue weighted by Gasteiger charge is 2.22. The van der Waals surface area contributed by atoms with Crippen molar-refractivity contribution in [3.8, 4) is 0 Å². The number of carbonyl (C=O) groups excluding carboxylic acids is 1. The minimum atomic E-state index is -0.0427. The van der Waals surface area contributed by atoms with Gasteiger partial charge in [0, 0.05) is 13.1 Å². The van der Waals surface area contributed by atoms with Crippen molar-refractivity contribution in [2.75, 3.05) is 23.7 Å². The molecule has 1 fully saturated rings. The second kappa shape index (κ2) is 10.7. The third kappa shape index (κ3) is 5.54. The van der Waals surface area contributed by atoms with E-state index in [1.165, 1.54) is 23.7 Å². The Morgan fingerprint density at radius 2 is 1.94 bits per heavy atom. The predicted molar refractivity (Wildman–Crippen MR) is 127 cm³/mol. The molecule has 3 heterocycles. The van der Waals surface area contributed by atoms with E-state index in [1.54, 1.807) is 6.26 Å². The maximum Gasteiger partial charge on any atom is 0.230 e. The van der Waals surface area contributed by atoms with E-state index in [1.807, 2.05) is 19.1 Å². The molecule has 170 valence electrons. The smallest absolute Gasteiger partial charge is 0.230 e. The number of anilines is 1. The lowest BCUT2D eigenvalue weighted by atomic mass is 10.1. The lowest BCUT2D eigenvalue weighted by Crippen LogP contribution is -2.32. The van der Waals surface area contributed by atoms with Crippen molar-refractivity contribution in [3.63, 3.8) is 0 Å². The number of benzene rings is 1. The molecule has 32 heavy (non-hydrogen) atoms. The van der Waals surface area contributed by atoms with Crippen molar-refractivity contribution in [2.45, 2.75) is 57.3 Å². The number of piperidine rings is 1. The minimum absolute atomic E-state index is 0.0193. The molecule has 0 saturated carbocycles. The van der Waals surface area contributed by atoms with E-state index in [4.69, 9.17) is 4.42 Å². The van der Waals surface area contributed by atoms with Crippen LogP contribution in [0.15, 0.2) is 52.2 Å². The Kier molecular flexibility index (Phi) is 7.52. The topological polar surface area (TPSA) is 76.2 Å². The van der Waals surface area contributed by atoms with Crippen LogP contribution < -0.4 is 10.2 Å². The van der Waals surface area contributed by atoms with Crippen LogP contribution in [0.25, 0.3) is 0 Å². The highest BCUT2D eigenvalue weighted by Crippen LogP contribution is 2.26. The van der Waals surface area contributed by atoms with E-state index < -0.39 is 0 Å². The number of aryl methyl sites for hydroxylation is 1. The number of nitrogens with one attached hydrogen (secondary N) is 1. The first-order valence-corrected chi connectivity index (χ1v) is 12.3. The van der Waals surface area contributed by atoms with E-state index in [0.717, 1.165) is 54.8 Å². The molecule has 1 aliphatic rings. The van der Waals surface area contributed by atoms with Crippen LogP contribution in [-0.4, -0.2) is 39.5 Å². The zero-order valence-electron chi connectivity index (χ0n) is 18.8. The number of carbonyl (C=O) groups is 1. The van der Waals surface area contributed by atoms with Crippen LogP contribution in [0, 0.1) is 0 Å². The third-order valence-corrected chi connectivity index (χ3v) is 6.79. The maximum atomic E-state index is 12.6. The molecule has 1 aromatic carbocycles. The van der Waals surface area contributed by atoms with Crippen LogP contribution in [0.2, 0.25) is 0 Å². The van der Waals surface area contributed by atoms with E-state index in [-0.39, 0.29) is 17.7 Å². The van der Waals surface area contributed by atoms with Gasteiger partial charge < -0.3 is 14.6 Å². The van der Waals surface area contributed by atoms with Gasteiger partial charge in [0.2, 0.25) is 11.9 Å². The Bertz CT molecular complexity index is 994. The fourth-order valence-corrected chi connectivity index (χ4v) is 4.70. The van der Waals surface area contributed by atoms with Gasteiger partial charge in [-0.2, -0.15) is 0 Å². The summed E-state index contributed by atoms with van der Waals surface area (Å²) < 4.78 is 7.63. The molecule has 1 saturated heterocycles. The summed E-state index contributed by atoms with van der Waals surface area (Å²) in [6.07, 6.45) is 6.26. The molecular weight excluding hydrogens is 422 g/mol. The number of hydrogen-bond donors (Lipinski definition) is 1. The van der Waals surface area contributed by atoms with Crippen LogP contribution in [0.1, 0.15) is 56.0 Å². The molecule has 1 amide bonds. The van der Waals surface area contributed by atoms with Crippen LogP contribution in [-0.2, 0) is 17.8 Å². The Balaban J connectivity index is 1.41. The number of rotatable bonds is 9. The van der Waals surface area contributed by atoms with Crippen LogP contribution in [0.5, 0.6) is 0 Å². The largest absolute Gasteiger partial charge is 0.467 e. The van der Waals surface area contributed by atoms with Crippen molar-refractivity contribution in [1.29, 1.82) is 0 Å².